The smallest absolute Gasteiger partial charge is 0.252 e. The highest BCUT2D eigenvalue weighted by molar-refractivity contribution is 5.92. The monoisotopic (exact) mass is 370 g/mol. The van der Waals surface area contributed by atoms with Crippen molar-refractivity contribution in [3.8, 4) is 11.5 Å². The molecule has 0 unspecified atom stereocenters. The molecule has 0 atom stereocenters. The summed E-state index contributed by atoms with van der Waals surface area (Å²) in [4.78, 5) is 25.1. The van der Waals surface area contributed by atoms with Crippen LogP contribution in [-0.4, -0.2) is 34.5 Å². The fourth-order valence-corrected chi connectivity index (χ4v) is 3.23. The molecule has 0 aliphatic heterocycles. The summed E-state index contributed by atoms with van der Waals surface area (Å²) in [5.41, 5.74) is 2.55. The van der Waals surface area contributed by atoms with Gasteiger partial charge < -0.3 is 14.8 Å². The molecular formula is C19H22N4O4. The number of ether oxygens (including phenoxy) is 2. The van der Waals surface area contributed by atoms with E-state index in [2.05, 4.69) is 10.4 Å². The fraction of sp³-hybridized carbons (Fsp3) is 0.316. The van der Waals surface area contributed by atoms with Crippen LogP contribution in [0.1, 0.15) is 11.3 Å². The highest BCUT2D eigenvalue weighted by Crippen LogP contribution is 2.26. The number of rotatable bonds is 5. The number of benzene rings is 1. The SMILES string of the molecule is COc1cc(NC(=O)Cn2c(=O)cc(C)c3c(C)nn(C)c32)cc(OC)c1. The molecule has 27 heavy (non-hydrogen) atoms. The molecule has 3 aromatic rings. The molecule has 2 heterocycles. The largest absolute Gasteiger partial charge is 0.497 e. The zero-order chi connectivity index (χ0) is 19.7. The minimum Gasteiger partial charge on any atom is -0.497 e. The van der Waals surface area contributed by atoms with Gasteiger partial charge >= 0.3 is 0 Å². The van der Waals surface area contributed by atoms with Gasteiger partial charge in [0, 0.05) is 42.4 Å². The van der Waals surface area contributed by atoms with Gasteiger partial charge in [-0.2, -0.15) is 5.10 Å². The molecule has 3 rings (SSSR count). The molecule has 0 bridgehead atoms. The van der Waals surface area contributed by atoms with Crippen LogP contribution in [0.2, 0.25) is 0 Å². The molecule has 142 valence electrons. The fourth-order valence-electron chi connectivity index (χ4n) is 3.23. The first-order valence-corrected chi connectivity index (χ1v) is 8.40. The molecular weight excluding hydrogens is 348 g/mol. The topological polar surface area (TPSA) is 87.4 Å². The number of anilines is 1. The van der Waals surface area contributed by atoms with E-state index in [4.69, 9.17) is 9.47 Å². The van der Waals surface area contributed by atoms with Crippen molar-refractivity contribution < 1.29 is 14.3 Å². The molecule has 1 N–H and O–H groups in total. The molecule has 1 aromatic carbocycles. The van der Waals surface area contributed by atoms with Crippen LogP contribution in [0.3, 0.4) is 0 Å². The van der Waals surface area contributed by atoms with Crippen molar-refractivity contribution in [2.24, 2.45) is 7.05 Å². The third-order valence-electron chi connectivity index (χ3n) is 4.38. The van der Waals surface area contributed by atoms with Gasteiger partial charge in [-0.05, 0) is 19.4 Å². The summed E-state index contributed by atoms with van der Waals surface area (Å²) in [7, 11) is 4.83. The van der Waals surface area contributed by atoms with Crippen LogP contribution in [0.4, 0.5) is 5.69 Å². The molecule has 0 saturated heterocycles. The van der Waals surface area contributed by atoms with Gasteiger partial charge in [0.25, 0.3) is 5.56 Å². The van der Waals surface area contributed by atoms with E-state index in [1.54, 1.807) is 29.9 Å². The number of pyridine rings is 1. The first kappa shape index (κ1) is 18.5. The predicted molar refractivity (Wildman–Crippen MR) is 103 cm³/mol. The lowest BCUT2D eigenvalue weighted by Gasteiger charge is -2.12. The number of methoxy groups -OCH3 is 2. The van der Waals surface area contributed by atoms with E-state index in [0.717, 1.165) is 16.6 Å². The molecule has 0 fully saturated rings. The summed E-state index contributed by atoms with van der Waals surface area (Å²) in [5, 5.41) is 8.05. The van der Waals surface area contributed by atoms with Crippen molar-refractivity contribution >= 4 is 22.6 Å². The summed E-state index contributed by atoms with van der Waals surface area (Å²) >= 11 is 0. The van der Waals surface area contributed by atoms with Gasteiger partial charge in [-0.15, -0.1) is 0 Å². The Morgan fingerprint density at radius 2 is 1.74 bits per heavy atom. The van der Waals surface area contributed by atoms with E-state index < -0.39 is 0 Å². The zero-order valence-electron chi connectivity index (χ0n) is 16.0. The first-order valence-electron chi connectivity index (χ1n) is 8.40. The van der Waals surface area contributed by atoms with Crippen molar-refractivity contribution in [3.63, 3.8) is 0 Å². The number of carbonyl (C=O) groups is 1. The van der Waals surface area contributed by atoms with Crippen LogP contribution in [0.5, 0.6) is 11.5 Å². The highest BCUT2D eigenvalue weighted by atomic mass is 16.5. The number of nitrogens with zero attached hydrogens (tertiary/aromatic N) is 3. The minimum absolute atomic E-state index is 0.131. The lowest BCUT2D eigenvalue weighted by atomic mass is 10.1. The molecule has 8 heteroatoms. The van der Waals surface area contributed by atoms with Crippen molar-refractivity contribution in [2.45, 2.75) is 20.4 Å². The van der Waals surface area contributed by atoms with Gasteiger partial charge in [-0.1, -0.05) is 0 Å². The standard InChI is InChI=1S/C19H22N4O4/c1-11-6-17(25)23(19-18(11)12(2)21-22(19)3)10-16(24)20-13-7-14(26-4)9-15(8-13)27-5/h6-9H,10H2,1-5H3,(H,20,24). The Morgan fingerprint density at radius 1 is 1.11 bits per heavy atom. The summed E-state index contributed by atoms with van der Waals surface area (Å²) < 4.78 is 13.5. The van der Waals surface area contributed by atoms with E-state index in [1.165, 1.54) is 24.9 Å². The molecule has 8 nitrogen and oxygen atoms in total. The highest BCUT2D eigenvalue weighted by Gasteiger charge is 2.16. The Kier molecular flexibility index (Phi) is 4.89. The number of fused-ring (bicyclic) bond motifs is 1. The normalized spacial score (nSPS) is 10.9. The average molecular weight is 370 g/mol. The number of aromatic nitrogens is 3. The number of aryl methyl sites for hydroxylation is 3. The Morgan fingerprint density at radius 3 is 2.33 bits per heavy atom. The second-order valence-electron chi connectivity index (χ2n) is 6.31. The minimum atomic E-state index is -0.337. The quantitative estimate of drug-likeness (QED) is 0.742. The van der Waals surface area contributed by atoms with E-state index in [1.807, 2.05) is 13.8 Å². The Balaban J connectivity index is 1.95. The molecule has 1 amide bonds. The third-order valence-corrected chi connectivity index (χ3v) is 4.38. The maximum Gasteiger partial charge on any atom is 0.252 e. The van der Waals surface area contributed by atoms with Crippen molar-refractivity contribution in [2.75, 3.05) is 19.5 Å². The molecule has 0 radical (unpaired) electrons. The zero-order valence-corrected chi connectivity index (χ0v) is 16.0. The van der Waals surface area contributed by atoms with E-state index >= 15 is 0 Å². The summed E-state index contributed by atoms with van der Waals surface area (Å²) in [5.74, 6) is 0.778. The molecule has 0 aliphatic rings. The summed E-state index contributed by atoms with van der Waals surface area (Å²) in [6.07, 6.45) is 0. The van der Waals surface area contributed by atoms with E-state index in [0.29, 0.717) is 22.8 Å². The maximum atomic E-state index is 12.6. The predicted octanol–water partition coefficient (Wildman–Crippen LogP) is 2.01. The van der Waals surface area contributed by atoms with Crippen LogP contribution in [-0.2, 0) is 18.4 Å². The second kappa shape index (κ2) is 7.14. The first-order chi connectivity index (χ1) is 12.8. The molecule has 0 saturated carbocycles. The Bertz CT molecular complexity index is 1060. The van der Waals surface area contributed by atoms with Crippen LogP contribution in [0.15, 0.2) is 29.1 Å². The number of hydrogen-bond donors (Lipinski definition) is 1. The van der Waals surface area contributed by atoms with Crippen LogP contribution in [0.25, 0.3) is 11.0 Å². The van der Waals surface area contributed by atoms with Gasteiger partial charge in [-0.25, -0.2) is 0 Å². The Hall–Kier alpha value is -3.29. The van der Waals surface area contributed by atoms with Gasteiger partial charge in [-0.3, -0.25) is 18.8 Å². The summed E-state index contributed by atoms with van der Waals surface area (Å²) in [6.45, 7) is 3.62. The van der Waals surface area contributed by atoms with Crippen LogP contribution >= 0.6 is 0 Å². The molecule has 0 spiro atoms. The maximum absolute atomic E-state index is 12.6. The number of carbonyl (C=O) groups excluding carboxylic acids is 1. The van der Waals surface area contributed by atoms with E-state index in [-0.39, 0.29) is 18.0 Å². The van der Waals surface area contributed by atoms with Gasteiger partial charge in [0.2, 0.25) is 5.91 Å². The Labute approximate surface area is 156 Å². The van der Waals surface area contributed by atoms with Crippen molar-refractivity contribution in [1.29, 1.82) is 0 Å². The molecule has 2 aromatic heterocycles. The third kappa shape index (κ3) is 3.51. The molecule has 0 aliphatic carbocycles. The number of amides is 1. The second-order valence-corrected chi connectivity index (χ2v) is 6.31. The van der Waals surface area contributed by atoms with Crippen LogP contribution < -0.4 is 20.3 Å². The number of nitrogens with one attached hydrogen (secondary N) is 1. The van der Waals surface area contributed by atoms with Crippen LogP contribution in [0, 0.1) is 13.8 Å². The van der Waals surface area contributed by atoms with Crippen molar-refractivity contribution in [1.82, 2.24) is 14.3 Å². The van der Waals surface area contributed by atoms with E-state index in [9.17, 15) is 9.59 Å². The van der Waals surface area contributed by atoms with Gasteiger partial charge in [0.15, 0.2) is 0 Å². The van der Waals surface area contributed by atoms with Crippen molar-refractivity contribution in [3.05, 3.63) is 45.9 Å². The lowest BCUT2D eigenvalue weighted by Crippen LogP contribution is -2.28. The average Bonchev–Trinajstić information content (AvgIpc) is 2.92. The van der Waals surface area contributed by atoms with Gasteiger partial charge in [0.05, 0.1) is 19.9 Å². The summed E-state index contributed by atoms with van der Waals surface area (Å²) in [6, 6.07) is 6.60. The number of hydrogen-bond acceptors (Lipinski definition) is 5. The van der Waals surface area contributed by atoms with Gasteiger partial charge in [0.1, 0.15) is 23.7 Å². The lowest BCUT2D eigenvalue weighted by molar-refractivity contribution is -0.116.